The van der Waals surface area contributed by atoms with Crippen molar-refractivity contribution < 1.29 is 4.21 Å². The Bertz CT molecular complexity index is 391. The van der Waals surface area contributed by atoms with Crippen LogP contribution in [-0.4, -0.2) is 4.21 Å². The fourth-order valence-corrected chi connectivity index (χ4v) is 2.48. The van der Waals surface area contributed by atoms with Crippen LogP contribution in [0.5, 0.6) is 0 Å². The van der Waals surface area contributed by atoms with Crippen LogP contribution >= 0.6 is 0 Å². The highest BCUT2D eigenvalue weighted by Crippen LogP contribution is 2.30. The molecule has 0 saturated carbocycles. The molecule has 1 unspecified atom stereocenters. The first-order valence-electron chi connectivity index (χ1n) is 3.67. The Morgan fingerprint density at radius 2 is 2.08 bits per heavy atom. The van der Waals surface area contributed by atoms with E-state index in [0.717, 1.165) is 16.0 Å². The van der Waals surface area contributed by atoms with Crippen LogP contribution in [0, 0.1) is 0 Å². The molecule has 0 spiro atoms. The first-order valence-corrected chi connectivity index (χ1v) is 4.88. The quantitative estimate of drug-likeness (QED) is 0.642. The van der Waals surface area contributed by atoms with Gasteiger partial charge in [0.05, 0.1) is 15.7 Å². The van der Waals surface area contributed by atoms with E-state index in [9.17, 15) is 4.21 Å². The van der Waals surface area contributed by atoms with Gasteiger partial charge in [0.15, 0.2) is 0 Å². The maximum Gasteiger partial charge on any atom is 0.0788 e. The normalized spacial score (nSPS) is 20.0. The van der Waals surface area contributed by atoms with Gasteiger partial charge >= 0.3 is 0 Å². The second-order valence-electron chi connectivity index (χ2n) is 2.57. The van der Waals surface area contributed by atoms with E-state index in [-0.39, 0.29) is 0 Å². The standard InChI is InChI=1S/C10H8OS/c1-2-8-7-12(11)10-6-4-3-5-9(8)10/h2-7H,1H2. The van der Waals surface area contributed by atoms with Gasteiger partial charge in [0.1, 0.15) is 0 Å². The van der Waals surface area contributed by atoms with Gasteiger partial charge in [-0.1, -0.05) is 30.9 Å². The van der Waals surface area contributed by atoms with E-state index >= 15 is 0 Å². The van der Waals surface area contributed by atoms with Crippen LogP contribution in [0.1, 0.15) is 5.56 Å². The number of benzene rings is 1. The highest BCUT2D eigenvalue weighted by atomic mass is 32.2. The fraction of sp³-hybridized carbons (Fsp3) is 0. The van der Waals surface area contributed by atoms with Crippen molar-refractivity contribution in [3.05, 3.63) is 47.9 Å². The average Bonchev–Trinajstić information content (AvgIpc) is 2.44. The first-order chi connectivity index (χ1) is 5.83. The molecule has 0 bridgehead atoms. The summed E-state index contributed by atoms with van der Waals surface area (Å²) in [7, 11) is -0.961. The van der Waals surface area contributed by atoms with Gasteiger partial charge in [0.2, 0.25) is 0 Å². The van der Waals surface area contributed by atoms with Crippen molar-refractivity contribution >= 4 is 16.4 Å². The van der Waals surface area contributed by atoms with Crippen LogP contribution in [0.3, 0.4) is 0 Å². The largest absolute Gasteiger partial charge is 0.250 e. The molecule has 60 valence electrons. The van der Waals surface area contributed by atoms with Crippen molar-refractivity contribution in [3.63, 3.8) is 0 Å². The molecule has 1 heterocycles. The van der Waals surface area contributed by atoms with Crippen LogP contribution in [0.15, 0.2) is 47.2 Å². The summed E-state index contributed by atoms with van der Waals surface area (Å²) in [5, 5.41) is 1.73. The second-order valence-corrected chi connectivity index (χ2v) is 3.84. The van der Waals surface area contributed by atoms with E-state index < -0.39 is 10.8 Å². The molecule has 0 N–H and O–H groups in total. The third kappa shape index (κ3) is 0.959. The number of allylic oxidation sites excluding steroid dienone is 2. The minimum atomic E-state index is -0.961. The number of fused-ring (bicyclic) bond motifs is 1. The first kappa shape index (κ1) is 7.50. The number of hydrogen-bond donors (Lipinski definition) is 0. The molecule has 0 fully saturated rings. The third-order valence-corrected chi connectivity index (χ3v) is 3.13. The van der Waals surface area contributed by atoms with E-state index in [1.807, 2.05) is 24.3 Å². The van der Waals surface area contributed by atoms with Crippen molar-refractivity contribution in [2.75, 3.05) is 0 Å². The van der Waals surface area contributed by atoms with Crippen LogP contribution in [0.4, 0.5) is 0 Å². The number of hydrogen-bond acceptors (Lipinski definition) is 1. The molecule has 0 saturated heterocycles. The Balaban J connectivity index is 2.68. The van der Waals surface area contributed by atoms with Gasteiger partial charge < -0.3 is 0 Å². The molecule has 0 radical (unpaired) electrons. The highest BCUT2D eigenvalue weighted by molar-refractivity contribution is 7.88. The van der Waals surface area contributed by atoms with Crippen molar-refractivity contribution in [2.45, 2.75) is 4.90 Å². The summed E-state index contributed by atoms with van der Waals surface area (Å²) < 4.78 is 11.4. The van der Waals surface area contributed by atoms with E-state index in [2.05, 4.69) is 6.58 Å². The topological polar surface area (TPSA) is 17.1 Å². The van der Waals surface area contributed by atoms with Crippen molar-refractivity contribution in [2.24, 2.45) is 0 Å². The van der Waals surface area contributed by atoms with E-state index in [4.69, 9.17) is 0 Å². The smallest absolute Gasteiger partial charge is 0.0788 e. The second kappa shape index (κ2) is 2.72. The zero-order chi connectivity index (χ0) is 8.55. The zero-order valence-corrected chi connectivity index (χ0v) is 7.30. The summed E-state index contributed by atoms with van der Waals surface area (Å²) in [5.41, 5.74) is 2.02. The van der Waals surface area contributed by atoms with Gasteiger partial charge in [-0.05, 0) is 17.2 Å². The molecule has 1 aliphatic rings. The zero-order valence-electron chi connectivity index (χ0n) is 6.49. The predicted octanol–water partition coefficient (Wildman–Crippen LogP) is 2.33. The van der Waals surface area contributed by atoms with Gasteiger partial charge in [-0.15, -0.1) is 0 Å². The highest BCUT2D eigenvalue weighted by Gasteiger charge is 2.16. The minimum Gasteiger partial charge on any atom is -0.250 e. The molecule has 1 aromatic carbocycles. The third-order valence-electron chi connectivity index (χ3n) is 1.87. The minimum absolute atomic E-state index is 0.896. The lowest BCUT2D eigenvalue weighted by Crippen LogP contribution is -1.82. The van der Waals surface area contributed by atoms with Gasteiger partial charge in [0, 0.05) is 5.41 Å². The Hall–Kier alpha value is -1.15. The fourth-order valence-electron chi connectivity index (χ4n) is 1.28. The lowest BCUT2D eigenvalue weighted by atomic mass is 10.1. The molecule has 0 aromatic heterocycles. The molecule has 1 aliphatic heterocycles. The van der Waals surface area contributed by atoms with Gasteiger partial charge in [0.25, 0.3) is 0 Å². The Labute approximate surface area is 73.9 Å². The summed E-state index contributed by atoms with van der Waals surface area (Å²) in [4.78, 5) is 0.896. The molecule has 0 amide bonds. The summed E-state index contributed by atoms with van der Waals surface area (Å²) in [5.74, 6) is 0. The van der Waals surface area contributed by atoms with E-state index in [0.29, 0.717) is 0 Å². The molecule has 0 aliphatic carbocycles. The molecule has 1 atom stereocenters. The average molecular weight is 176 g/mol. The lowest BCUT2D eigenvalue weighted by molar-refractivity contribution is 0.689. The molecule has 1 aromatic rings. The van der Waals surface area contributed by atoms with Crippen LogP contribution in [-0.2, 0) is 10.8 Å². The molecule has 2 rings (SSSR count). The van der Waals surface area contributed by atoms with Crippen molar-refractivity contribution in [1.82, 2.24) is 0 Å². The Morgan fingerprint density at radius 1 is 1.33 bits per heavy atom. The maximum atomic E-state index is 11.4. The summed E-state index contributed by atoms with van der Waals surface area (Å²) in [6, 6.07) is 7.70. The number of rotatable bonds is 1. The summed E-state index contributed by atoms with van der Waals surface area (Å²) >= 11 is 0. The Morgan fingerprint density at radius 3 is 2.83 bits per heavy atom. The van der Waals surface area contributed by atoms with E-state index in [1.165, 1.54) is 0 Å². The lowest BCUT2D eigenvalue weighted by Gasteiger charge is -1.97. The monoisotopic (exact) mass is 176 g/mol. The van der Waals surface area contributed by atoms with Crippen LogP contribution in [0.2, 0.25) is 0 Å². The van der Waals surface area contributed by atoms with Crippen molar-refractivity contribution in [3.8, 4) is 0 Å². The van der Waals surface area contributed by atoms with Crippen LogP contribution < -0.4 is 0 Å². The maximum absolute atomic E-state index is 11.4. The predicted molar refractivity (Wildman–Crippen MR) is 51.0 cm³/mol. The van der Waals surface area contributed by atoms with Gasteiger partial charge in [-0.3, -0.25) is 0 Å². The molecular weight excluding hydrogens is 168 g/mol. The molecule has 2 heteroatoms. The molecule has 1 nitrogen and oxygen atoms in total. The SMILES string of the molecule is C=CC1=CS(=O)c2ccccc21. The van der Waals surface area contributed by atoms with Gasteiger partial charge in [-0.2, -0.15) is 0 Å². The van der Waals surface area contributed by atoms with Crippen LogP contribution in [0.25, 0.3) is 5.57 Å². The summed E-state index contributed by atoms with van der Waals surface area (Å²) in [6.07, 6.45) is 1.74. The van der Waals surface area contributed by atoms with Gasteiger partial charge in [-0.25, -0.2) is 4.21 Å². The molecular formula is C10H8OS. The van der Waals surface area contributed by atoms with Crippen molar-refractivity contribution in [1.29, 1.82) is 0 Å². The van der Waals surface area contributed by atoms with E-state index in [1.54, 1.807) is 11.5 Å². The summed E-state index contributed by atoms with van der Waals surface area (Å²) in [6.45, 7) is 3.67. The molecule has 12 heavy (non-hydrogen) atoms. The Kier molecular flexibility index (Phi) is 1.70.